The van der Waals surface area contributed by atoms with Gasteiger partial charge in [0.1, 0.15) is 0 Å². The van der Waals surface area contributed by atoms with E-state index in [1.165, 1.54) is 0 Å². The van der Waals surface area contributed by atoms with Gasteiger partial charge in [0.15, 0.2) is 0 Å². The average molecular weight is 146 g/mol. The van der Waals surface area contributed by atoms with Crippen molar-refractivity contribution in [1.82, 2.24) is 4.90 Å². The number of carbonyl (C=O) groups excluding carboxylic acids is 1. The van der Waals surface area contributed by atoms with Crippen LogP contribution in [0.3, 0.4) is 0 Å². The highest BCUT2D eigenvalue weighted by Crippen LogP contribution is 1.95. The molecular formula is C7H18N2O. The van der Waals surface area contributed by atoms with Gasteiger partial charge in [-0.15, -0.1) is 0 Å². The normalized spacial score (nSPS) is 9.50. The maximum Gasteiger partial charge on any atom is 0.222 e. The summed E-state index contributed by atoms with van der Waals surface area (Å²) in [5, 5.41) is 0. The van der Waals surface area contributed by atoms with E-state index in [0.717, 1.165) is 12.8 Å². The lowest BCUT2D eigenvalue weighted by Crippen LogP contribution is -2.21. The number of hydrogen-bond donors (Lipinski definition) is 1. The van der Waals surface area contributed by atoms with Gasteiger partial charge in [-0.3, -0.25) is 4.79 Å². The average Bonchev–Trinajstić information content (AvgIpc) is 1.88. The van der Waals surface area contributed by atoms with Gasteiger partial charge in [-0.2, -0.15) is 0 Å². The second-order valence-corrected chi connectivity index (χ2v) is 2.53. The lowest BCUT2D eigenvalue weighted by atomic mass is 10.2. The van der Waals surface area contributed by atoms with Crippen molar-refractivity contribution < 1.29 is 6.22 Å². The molecule has 3 heteroatoms. The molecule has 0 rings (SSSR count). The molecule has 0 heterocycles. The predicted molar refractivity (Wildman–Crippen MR) is 43.7 cm³/mol. The monoisotopic (exact) mass is 146 g/mol. The molecular weight excluding hydrogens is 128 g/mol. The molecule has 0 bridgehead atoms. The highest BCUT2D eigenvalue weighted by atomic mass is 16.2. The molecule has 0 saturated carbocycles. The van der Waals surface area contributed by atoms with Crippen molar-refractivity contribution in [2.24, 2.45) is 5.73 Å². The van der Waals surface area contributed by atoms with Crippen molar-refractivity contribution in [3.05, 3.63) is 0 Å². The number of nitrogens with two attached hydrogens (primary N) is 1. The van der Waals surface area contributed by atoms with Crippen LogP contribution in [0.15, 0.2) is 0 Å². The Morgan fingerprint density at radius 1 is 1.50 bits per heavy atom. The Balaban J connectivity index is 0. The summed E-state index contributed by atoms with van der Waals surface area (Å²) < 4.78 is 0. The van der Waals surface area contributed by atoms with Crippen LogP contribution in [-0.2, 0) is 4.79 Å². The maximum atomic E-state index is 10.9. The van der Waals surface area contributed by atoms with Crippen LogP contribution in [-0.4, -0.2) is 31.4 Å². The van der Waals surface area contributed by atoms with E-state index in [1.54, 1.807) is 19.0 Å². The third-order valence-corrected chi connectivity index (χ3v) is 1.34. The maximum absolute atomic E-state index is 10.9. The van der Waals surface area contributed by atoms with Gasteiger partial charge in [0.2, 0.25) is 5.91 Å². The van der Waals surface area contributed by atoms with Crippen LogP contribution in [0.5, 0.6) is 0 Å². The molecule has 0 aromatic rings. The molecule has 0 aliphatic heterocycles. The number of amides is 1. The number of nitrogens with zero attached hydrogens (tertiary/aromatic N) is 1. The summed E-state index contributed by atoms with van der Waals surface area (Å²) >= 11 is 0. The van der Waals surface area contributed by atoms with E-state index in [0.29, 0.717) is 13.0 Å². The highest BCUT2D eigenvalue weighted by molar-refractivity contribution is 5.75. The van der Waals surface area contributed by atoms with Gasteiger partial charge in [0.25, 0.3) is 0 Å². The minimum atomic E-state index is 0. The molecule has 0 saturated heterocycles. The summed E-state index contributed by atoms with van der Waals surface area (Å²) in [4.78, 5) is 12.5. The fourth-order valence-corrected chi connectivity index (χ4v) is 0.644. The first-order valence-corrected chi connectivity index (χ1v) is 3.58. The van der Waals surface area contributed by atoms with Crippen LogP contribution in [0.2, 0.25) is 0 Å². The van der Waals surface area contributed by atoms with Gasteiger partial charge in [-0.05, 0) is 19.4 Å². The molecule has 10 heavy (non-hydrogen) atoms. The zero-order valence-corrected chi connectivity index (χ0v) is 6.76. The zero-order chi connectivity index (χ0) is 7.98. The van der Waals surface area contributed by atoms with E-state index in [4.69, 9.17) is 5.73 Å². The molecule has 0 aromatic heterocycles. The number of rotatable bonds is 4. The van der Waals surface area contributed by atoms with Crippen LogP contribution in [0.4, 0.5) is 0 Å². The minimum Gasteiger partial charge on any atom is -0.349 e. The smallest absolute Gasteiger partial charge is 0.222 e. The Bertz CT molecular complexity index is 107. The standard InChI is InChI=1S/C7H16N2O.H2/c1-9(2)7(10)5-3-4-6-8;/h3-6,8H2,1-2H3;1H. The fourth-order valence-electron chi connectivity index (χ4n) is 0.644. The van der Waals surface area contributed by atoms with E-state index in [2.05, 4.69) is 0 Å². The van der Waals surface area contributed by atoms with Crippen molar-refractivity contribution in [2.45, 2.75) is 19.3 Å². The van der Waals surface area contributed by atoms with E-state index in [9.17, 15) is 4.79 Å². The Hall–Kier alpha value is -0.570. The van der Waals surface area contributed by atoms with Crippen molar-refractivity contribution in [1.29, 1.82) is 0 Å². The SMILES string of the molecule is CN(C)C(=O)CCCCN.[HH]. The molecule has 0 radical (unpaired) electrons. The second kappa shape index (κ2) is 5.23. The van der Waals surface area contributed by atoms with Gasteiger partial charge >= 0.3 is 0 Å². The minimum absolute atomic E-state index is 0. The molecule has 1 amide bonds. The summed E-state index contributed by atoms with van der Waals surface area (Å²) in [5.74, 6) is 0.188. The van der Waals surface area contributed by atoms with Gasteiger partial charge in [-0.1, -0.05) is 0 Å². The van der Waals surface area contributed by atoms with Crippen LogP contribution in [0.25, 0.3) is 0 Å². The second-order valence-electron chi connectivity index (χ2n) is 2.53. The summed E-state index contributed by atoms with van der Waals surface area (Å²) in [6.45, 7) is 0.681. The first-order valence-electron chi connectivity index (χ1n) is 3.58. The van der Waals surface area contributed by atoms with Gasteiger partial charge in [-0.25, -0.2) is 0 Å². The van der Waals surface area contributed by atoms with Crippen LogP contribution < -0.4 is 5.73 Å². The fraction of sp³-hybridized carbons (Fsp3) is 0.857. The van der Waals surface area contributed by atoms with E-state index in [1.807, 2.05) is 0 Å². The quantitative estimate of drug-likeness (QED) is 0.585. The molecule has 2 N–H and O–H groups in total. The summed E-state index contributed by atoms with van der Waals surface area (Å²) in [6.07, 6.45) is 2.48. The third kappa shape index (κ3) is 4.32. The molecule has 0 aliphatic rings. The van der Waals surface area contributed by atoms with Crippen molar-refractivity contribution in [2.75, 3.05) is 20.6 Å². The first-order chi connectivity index (χ1) is 4.68. The summed E-state index contributed by atoms with van der Waals surface area (Å²) in [7, 11) is 3.54. The van der Waals surface area contributed by atoms with Crippen LogP contribution in [0.1, 0.15) is 20.7 Å². The molecule has 0 aromatic carbocycles. The molecule has 0 spiro atoms. The molecule has 0 unspecified atom stereocenters. The van der Waals surface area contributed by atoms with Gasteiger partial charge in [0.05, 0.1) is 0 Å². The van der Waals surface area contributed by atoms with E-state index < -0.39 is 0 Å². The summed E-state index contributed by atoms with van der Waals surface area (Å²) in [6, 6.07) is 0. The number of carbonyl (C=O) groups is 1. The number of hydrogen-bond acceptors (Lipinski definition) is 2. The van der Waals surface area contributed by atoms with Gasteiger partial charge in [0, 0.05) is 21.9 Å². The predicted octanol–water partition coefficient (Wildman–Crippen LogP) is 0.450. The Morgan fingerprint density at radius 3 is 2.50 bits per heavy atom. The first kappa shape index (κ1) is 9.43. The lowest BCUT2D eigenvalue weighted by molar-refractivity contribution is -0.128. The number of unbranched alkanes of at least 4 members (excludes halogenated alkanes) is 1. The molecule has 3 nitrogen and oxygen atoms in total. The topological polar surface area (TPSA) is 46.3 Å². The van der Waals surface area contributed by atoms with E-state index >= 15 is 0 Å². The Kier molecular flexibility index (Phi) is 4.94. The molecule has 62 valence electrons. The zero-order valence-electron chi connectivity index (χ0n) is 6.76. The van der Waals surface area contributed by atoms with E-state index in [-0.39, 0.29) is 7.33 Å². The van der Waals surface area contributed by atoms with Crippen molar-refractivity contribution >= 4 is 5.91 Å². The highest BCUT2D eigenvalue weighted by Gasteiger charge is 2.01. The third-order valence-electron chi connectivity index (χ3n) is 1.34. The van der Waals surface area contributed by atoms with Crippen molar-refractivity contribution in [3.8, 4) is 0 Å². The van der Waals surface area contributed by atoms with Crippen LogP contribution in [0, 0.1) is 0 Å². The van der Waals surface area contributed by atoms with Gasteiger partial charge < -0.3 is 10.6 Å². The lowest BCUT2D eigenvalue weighted by Gasteiger charge is -2.08. The molecule has 0 fully saturated rings. The van der Waals surface area contributed by atoms with Crippen LogP contribution >= 0.6 is 0 Å². The Labute approximate surface area is 63.7 Å². The largest absolute Gasteiger partial charge is 0.349 e. The molecule has 0 atom stereocenters. The molecule has 0 aliphatic carbocycles. The summed E-state index contributed by atoms with van der Waals surface area (Å²) in [5.41, 5.74) is 5.27. The van der Waals surface area contributed by atoms with Crippen molar-refractivity contribution in [3.63, 3.8) is 0 Å². The Morgan fingerprint density at radius 2 is 2.10 bits per heavy atom.